The highest BCUT2D eigenvalue weighted by atomic mass is 32.2. The third-order valence-electron chi connectivity index (χ3n) is 0.915. The number of carbonyl (C=O) groups excluding carboxylic acids is 1. The van der Waals surface area contributed by atoms with Gasteiger partial charge in [0.05, 0.1) is 15.9 Å². The number of carbonyl (C=O) groups is 1. The Balaban J connectivity index is 3.73. The quantitative estimate of drug-likeness (QED) is 0.346. The summed E-state index contributed by atoms with van der Waals surface area (Å²) in [7, 11) is -4.30. The molecule has 0 fully saturated rings. The summed E-state index contributed by atoms with van der Waals surface area (Å²) in [4.78, 5) is 10.6. The second-order valence-electron chi connectivity index (χ2n) is 2.18. The van der Waals surface area contributed by atoms with Crippen LogP contribution < -0.4 is 0 Å². The topological polar surface area (TPSA) is 83.5 Å². The van der Waals surface area contributed by atoms with Crippen molar-refractivity contribution < 1.29 is 22.5 Å². The molecule has 0 N–H and O–H groups in total. The smallest absolute Gasteiger partial charge is 0.333 e. The Morgan fingerprint density at radius 2 is 2.08 bits per heavy atom. The van der Waals surface area contributed by atoms with Crippen LogP contribution in [0.3, 0.4) is 0 Å². The van der Waals surface area contributed by atoms with Crippen LogP contribution in [0.25, 0.3) is 0 Å². The molecule has 0 spiro atoms. The van der Waals surface area contributed by atoms with Crippen LogP contribution in [0.2, 0.25) is 0 Å². The summed E-state index contributed by atoms with van der Waals surface area (Å²) >= 11 is 0. The van der Waals surface area contributed by atoms with Gasteiger partial charge in [-0.25, -0.2) is 13.2 Å². The Hall–Kier alpha value is -0.880. The summed E-state index contributed by atoms with van der Waals surface area (Å²) in [5, 5.41) is 0. The van der Waals surface area contributed by atoms with Gasteiger partial charge in [-0.2, -0.15) is 0 Å². The minimum atomic E-state index is -4.30. The Morgan fingerprint density at radius 3 is 2.42 bits per heavy atom. The molecule has 0 aromatic heterocycles. The maximum Gasteiger partial charge on any atom is 0.333 e. The van der Waals surface area contributed by atoms with Crippen molar-refractivity contribution in [3.8, 4) is 0 Å². The van der Waals surface area contributed by atoms with Gasteiger partial charge in [-0.3, -0.25) is 0 Å². The molecule has 5 nitrogen and oxygen atoms in total. The van der Waals surface area contributed by atoms with Crippen molar-refractivity contribution in [2.75, 3.05) is 12.4 Å². The molecule has 0 saturated heterocycles. The molecule has 0 aliphatic carbocycles. The molecule has 6 heteroatoms. The maximum atomic E-state index is 10.6. The fourth-order valence-corrected chi connectivity index (χ4v) is 0.647. The van der Waals surface area contributed by atoms with Gasteiger partial charge in [0, 0.05) is 5.57 Å². The molecule has 0 aliphatic rings. The molecular weight excluding hydrogens is 184 g/mol. The first-order chi connectivity index (χ1) is 5.33. The van der Waals surface area contributed by atoms with Crippen LogP contribution in [0.4, 0.5) is 0 Å². The van der Waals surface area contributed by atoms with Gasteiger partial charge in [0.15, 0.2) is 0 Å². The number of hydrogen-bond donors (Lipinski definition) is 0. The zero-order valence-electron chi connectivity index (χ0n) is 6.57. The van der Waals surface area contributed by atoms with E-state index in [-0.39, 0.29) is 5.57 Å². The second-order valence-corrected chi connectivity index (χ2v) is 3.70. The van der Waals surface area contributed by atoms with E-state index >= 15 is 0 Å². The van der Waals surface area contributed by atoms with Crippen molar-refractivity contribution in [3.05, 3.63) is 12.2 Å². The van der Waals surface area contributed by atoms with Gasteiger partial charge >= 0.3 is 5.97 Å². The van der Waals surface area contributed by atoms with Crippen LogP contribution in [0.5, 0.6) is 0 Å². The Morgan fingerprint density at radius 1 is 1.58 bits per heavy atom. The average molecular weight is 193 g/mol. The lowest BCUT2D eigenvalue weighted by molar-refractivity contribution is -0.138. The number of hydrogen-bond acceptors (Lipinski definition) is 5. The molecule has 70 valence electrons. The lowest BCUT2D eigenvalue weighted by atomic mass is 10.4. The molecule has 0 unspecified atom stereocenters. The van der Waals surface area contributed by atoms with E-state index in [0.29, 0.717) is 0 Å². The maximum absolute atomic E-state index is 10.6. The summed E-state index contributed by atoms with van der Waals surface area (Å²) < 4.78 is 34.4. The minimum absolute atomic E-state index is 0.165. The predicted octanol–water partition coefficient (Wildman–Crippen LogP) is -0.349. The summed E-state index contributed by atoms with van der Waals surface area (Å²) in [6.45, 7) is 4.27. The van der Waals surface area contributed by atoms with Gasteiger partial charge in [0.25, 0.3) is 0 Å². The standard InChI is InChI=1S/C6H10O5S/c1-5(2)6(7)11-3-4-12(8,9)10/h1,3-4H2,2H3,(H,8,9,10)/p-1. The molecule has 0 amide bonds. The highest BCUT2D eigenvalue weighted by Crippen LogP contribution is 1.92. The molecular formula is C6H9O5S-. The molecule has 0 aromatic carbocycles. The fourth-order valence-electron chi connectivity index (χ4n) is 0.360. The Bertz CT molecular complexity index is 276. The zero-order chi connectivity index (χ0) is 9.78. The molecule has 0 radical (unpaired) electrons. The van der Waals surface area contributed by atoms with Crippen molar-refractivity contribution in [2.45, 2.75) is 6.92 Å². The fraction of sp³-hybridized carbons (Fsp3) is 0.500. The van der Waals surface area contributed by atoms with Crippen molar-refractivity contribution in [3.63, 3.8) is 0 Å². The highest BCUT2D eigenvalue weighted by molar-refractivity contribution is 7.85. The van der Waals surface area contributed by atoms with Crippen LogP contribution in [-0.2, 0) is 19.6 Å². The van der Waals surface area contributed by atoms with Gasteiger partial charge in [0.2, 0.25) is 0 Å². The molecule has 0 saturated carbocycles. The number of esters is 1. The van der Waals surface area contributed by atoms with Gasteiger partial charge < -0.3 is 9.29 Å². The van der Waals surface area contributed by atoms with E-state index in [1.165, 1.54) is 6.92 Å². The van der Waals surface area contributed by atoms with E-state index < -0.39 is 28.4 Å². The first-order valence-electron chi connectivity index (χ1n) is 3.09. The predicted molar refractivity (Wildman–Crippen MR) is 40.3 cm³/mol. The van der Waals surface area contributed by atoms with Crippen LogP contribution in [0, 0.1) is 0 Å². The van der Waals surface area contributed by atoms with Crippen LogP contribution in [0.1, 0.15) is 6.92 Å². The van der Waals surface area contributed by atoms with Crippen molar-refractivity contribution in [1.82, 2.24) is 0 Å². The number of rotatable bonds is 4. The number of ether oxygens (including phenoxy) is 1. The van der Waals surface area contributed by atoms with Gasteiger partial charge in [-0.05, 0) is 6.92 Å². The zero-order valence-corrected chi connectivity index (χ0v) is 7.39. The SMILES string of the molecule is C=C(C)C(=O)OCCS(=O)(=O)[O-]. The van der Waals surface area contributed by atoms with E-state index in [1.54, 1.807) is 0 Å². The normalized spacial score (nSPS) is 10.8. The van der Waals surface area contributed by atoms with E-state index in [9.17, 15) is 17.8 Å². The summed E-state index contributed by atoms with van der Waals surface area (Å²) in [6, 6.07) is 0. The third-order valence-corrected chi connectivity index (χ3v) is 1.58. The summed E-state index contributed by atoms with van der Waals surface area (Å²) in [5.74, 6) is -1.40. The second kappa shape index (κ2) is 4.22. The largest absolute Gasteiger partial charge is 0.748 e. The molecule has 0 atom stereocenters. The first-order valence-corrected chi connectivity index (χ1v) is 4.67. The molecule has 0 bridgehead atoms. The molecule has 0 aromatic rings. The average Bonchev–Trinajstić information content (AvgIpc) is 1.84. The lowest BCUT2D eigenvalue weighted by Gasteiger charge is -2.06. The highest BCUT2D eigenvalue weighted by Gasteiger charge is 2.03. The van der Waals surface area contributed by atoms with Gasteiger partial charge in [-0.1, -0.05) is 6.58 Å². The summed E-state index contributed by atoms with van der Waals surface area (Å²) in [5.41, 5.74) is 0.165. The summed E-state index contributed by atoms with van der Waals surface area (Å²) in [6.07, 6.45) is 0. The Labute approximate surface area is 70.8 Å². The van der Waals surface area contributed by atoms with Crippen LogP contribution in [-0.4, -0.2) is 31.3 Å². The van der Waals surface area contributed by atoms with Crippen molar-refractivity contribution in [2.24, 2.45) is 0 Å². The first kappa shape index (κ1) is 11.1. The van der Waals surface area contributed by atoms with Crippen molar-refractivity contribution >= 4 is 16.1 Å². The monoisotopic (exact) mass is 193 g/mol. The van der Waals surface area contributed by atoms with Crippen molar-refractivity contribution in [1.29, 1.82) is 0 Å². The van der Waals surface area contributed by atoms with Gasteiger partial charge in [-0.15, -0.1) is 0 Å². The van der Waals surface area contributed by atoms with E-state index in [4.69, 9.17) is 0 Å². The van der Waals surface area contributed by atoms with Crippen LogP contribution in [0.15, 0.2) is 12.2 Å². The third kappa shape index (κ3) is 5.87. The van der Waals surface area contributed by atoms with E-state index in [1.807, 2.05) is 0 Å². The van der Waals surface area contributed by atoms with Crippen LogP contribution >= 0.6 is 0 Å². The molecule has 12 heavy (non-hydrogen) atoms. The molecule has 0 rings (SSSR count). The Kier molecular flexibility index (Phi) is 3.91. The van der Waals surface area contributed by atoms with E-state index in [0.717, 1.165) is 0 Å². The van der Waals surface area contributed by atoms with E-state index in [2.05, 4.69) is 11.3 Å². The minimum Gasteiger partial charge on any atom is -0.748 e. The lowest BCUT2D eigenvalue weighted by Crippen LogP contribution is -2.14. The molecule has 0 heterocycles. The molecule has 0 aliphatic heterocycles. The van der Waals surface area contributed by atoms with Gasteiger partial charge in [0.1, 0.15) is 6.61 Å².